The van der Waals surface area contributed by atoms with E-state index < -0.39 is 6.10 Å². The highest BCUT2D eigenvalue weighted by Gasteiger charge is 2.14. The normalized spacial score (nSPS) is 16.8. The van der Waals surface area contributed by atoms with Gasteiger partial charge >= 0.3 is 0 Å². The van der Waals surface area contributed by atoms with Crippen molar-refractivity contribution >= 4 is 28.3 Å². The molecule has 0 radical (unpaired) electrons. The SMILES string of the molecule is Cl.OC(COCCOc1ccc(Br)cc1)CN1CCCCC1. The maximum Gasteiger partial charge on any atom is 0.119 e. The van der Waals surface area contributed by atoms with E-state index in [1.54, 1.807) is 0 Å². The minimum atomic E-state index is -0.407. The van der Waals surface area contributed by atoms with Crippen molar-refractivity contribution in [1.82, 2.24) is 4.90 Å². The van der Waals surface area contributed by atoms with Crippen molar-refractivity contribution in [2.45, 2.75) is 25.4 Å². The molecule has 0 aliphatic carbocycles. The van der Waals surface area contributed by atoms with Crippen LogP contribution in [0.3, 0.4) is 0 Å². The van der Waals surface area contributed by atoms with E-state index in [0.29, 0.717) is 26.4 Å². The van der Waals surface area contributed by atoms with Gasteiger partial charge in [0.1, 0.15) is 12.4 Å². The molecule has 126 valence electrons. The van der Waals surface area contributed by atoms with Crippen LogP contribution in [0.1, 0.15) is 19.3 Å². The lowest BCUT2D eigenvalue weighted by molar-refractivity contribution is 0.00533. The summed E-state index contributed by atoms with van der Waals surface area (Å²) in [4.78, 5) is 2.32. The topological polar surface area (TPSA) is 41.9 Å². The smallest absolute Gasteiger partial charge is 0.119 e. The lowest BCUT2D eigenvalue weighted by atomic mass is 10.1. The van der Waals surface area contributed by atoms with Gasteiger partial charge in [-0.05, 0) is 50.2 Å². The first kappa shape index (κ1) is 19.7. The molecular formula is C16H25BrClNO3. The second-order valence-corrected chi connectivity index (χ2v) is 6.31. The number of β-amino-alcohol motifs (C(OH)–C–C–N with tert-alkyl or cyclic N) is 1. The van der Waals surface area contributed by atoms with Gasteiger partial charge in [0.05, 0.1) is 19.3 Å². The molecule has 1 aromatic carbocycles. The van der Waals surface area contributed by atoms with Crippen LogP contribution in [0.25, 0.3) is 0 Å². The number of hydrogen-bond donors (Lipinski definition) is 1. The van der Waals surface area contributed by atoms with Gasteiger partial charge in [0.2, 0.25) is 0 Å². The maximum atomic E-state index is 9.94. The van der Waals surface area contributed by atoms with E-state index in [9.17, 15) is 5.11 Å². The van der Waals surface area contributed by atoms with Crippen molar-refractivity contribution < 1.29 is 14.6 Å². The molecule has 6 heteroatoms. The molecule has 1 atom stereocenters. The van der Waals surface area contributed by atoms with Crippen molar-refractivity contribution in [3.8, 4) is 5.75 Å². The summed E-state index contributed by atoms with van der Waals surface area (Å²) >= 11 is 3.38. The van der Waals surface area contributed by atoms with Crippen molar-refractivity contribution in [3.05, 3.63) is 28.7 Å². The summed E-state index contributed by atoms with van der Waals surface area (Å²) in [5.74, 6) is 0.829. The molecule has 0 spiro atoms. The molecule has 2 rings (SSSR count). The number of nitrogens with zero attached hydrogens (tertiary/aromatic N) is 1. The Bertz CT molecular complexity index is 399. The zero-order valence-corrected chi connectivity index (χ0v) is 15.2. The Balaban J connectivity index is 0.00000242. The highest BCUT2D eigenvalue weighted by molar-refractivity contribution is 9.10. The number of hydrogen-bond acceptors (Lipinski definition) is 4. The Morgan fingerprint density at radius 2 is 1.77 bits per heavy atom. The summed E-state index contributed by atoms with van der Waals surface area (Å²) in [5, 5.41) is 9.94. The van der Waals surface area contributed by atoms with E-state index in [1.165, 1.54) is 19.3 Å². The minimum absolute atomic E-state index is 0. The number of rotatable bonds is 8. The average molecular weight is 395 g/mol. The maximum absolute atomic E-state index is 9.94. The van der Waals surface area contributed by atoms with Gasteiger partial charge in [-0.25, -0.2) is 0 Å². The van der Waals surface area contributed by atoms with Crippen LogP contribution in [-0.4, -0.2) is 55.6 Å². The fourth-order valence-corrected chi connectivity index (χ4v) is 2.73. The molecule has 1 aliphatic rings. The molecule has 0 aromatic heterocycles. The van der Waals surface area contributed by atoms with Crippen molar-refractivity contribution in [2.75, 3.05) is 39.5 Å². The number of aliphatic hydroxyl groups is 1. The van der Waals surface area contributed by atoms with E-state index >= 15 is 0 Å². The third kappa shape index (κ3) is 7.79. The molecule has 1 aromatic rings. The zero-order chi connectivity index (χ0) is 14.9. The van der Waals surface area contributed by atoms with Crippen LogP contribution in [0.5, 0.6) is 5.75 Å². The predicted molar refractivity (Wildman–Crippen MR) is 94.0 cm³/mol. The molecule has 1 aliphatic heterocycles. The lowest BCUT2D eigenvalue weighted by Gasteiger charge is -2.28. The van der Waals surface area contributed by atoms with Gasteiger partial charge in [0.15, 0.2) is 0 Å². The van der Waals surface area contributed by atoms with Gasteiger partial charge < -0.3 is 19.5 Å². The van der Waals surface area contributed by atoms with E-state index in [4.69, 9.17) is 9.47 Å². The Morgan fingerprint density at radius 1 is 1.09 bits per heavy atom. The lowest BCUT2D eigenvalue weighted by Crippen LogP contribution is -2.38. The number of piperidine rings is 1. The van der Waals surface area contributed by atoms with Crippen LogP contribution < -0.4 is 4.74 Å². The van der Waals surface area contributed by atoms with Crippen molar-refractivity contribution in [1.29, 1.82) is 0 Å². The molecule has 0 bridgehead atoms. The summed E-state index contributed by atoms with van der Waals surface area (Å²) in [6.07, 6.45) is 3.40. The van der Waals surface area contributed by atoms with Crippen LogP contribution in [0.4, 0.5) is 0 Å². The standard InChI is InChI=1S/C16H24BrNO3.ClH/c17-14-4-6-16(7-5-14)21-11-10-20-13-15(19)12-18-8-2-1-3-9-18;/h4-7,15,19H,1-3,8-13H2;1H. The van der Waals surface area contributed by atoms with E-state index in [0.717, 1.165) is 23.3 Å². The molecule has 1 N–H and O–H groups in total. The first-order chi connectivity index (χ1) is 10.2. The second-order valence-electron chi connectivity index (χ2n) is 5.39. The van der Waals surface area contributed by atoms with Crippen LogP contribution in [0.2, 0.25) is 0 Å². The predicted octanol–water partition coefficient (Wildman–Crippen LogP) is 3.11. The quantitative estimate of drug-likeness (QED) is 0.688. The van der Waals surface area contributed by atoms with Crippen molar-refractivity contribution in [2.24, 2.45) is 0 Å². The summed E-state index contributed by atoms with van der Waals surface area (Å²) in [6.45, 7) is 4.28. The molecular weight excluding hydrogens is 370 g/mol. The average Bonchev–Trinajstić information content (AvgIpc) is 2.50. The Hall–Kier alpha value is -0.330. The van der Waals surface area contributed by atoms with E-state index in [1.807, 2.05) is 24.3 Å². The first-order valence-electron chi connectivity index (χ1n) is 7.60. The molecule has 1 unspecified atom stereocenters. The van der Waals surface area contributed by atoms with Gasteiger partial charge in [-0.15, -0.1) is 12.4 Å². The van der Waals surface area contributed by atoms with Gasteiger partial charge in [-0.2, -0.15) is 0 Å². The molecule has 1 heterocycles. The third-order valence-corrected chi connectivity index (χ3v) is 4.07. The van der Waals surface area contributed by atoms with Crippen LogP contribution in [-0.2, 0) is 4.74 Å². The monoisotopic (exact) mass is 393 g/mol. The van der Waals surface area contributed by atoms with Crippen LogP contribution in [0, 0.1) is 0 Å². The van der Waals surface area contributed by atoms with Crippen LogP contribution >= 0.6 is 28.3 Å². The first-order valence-corrected chi connectivity index (χ1v) is 8.40. The van der Waals surface area contributed by atoms with Gasteiger partial charge in [0, 0.05) is 11.0 Å². The Labute approximate surface area is 147 Å². The summed E-state index contributed by atoms with van der Waals surface area (Å²) in [6, 6.07) is 7.71. The van der Waals surface area contributed by atoms with E-state index in [2.05, 4.69) is 20.8 Å². The molecule has 1 saturated heterocycles. The van der Waals surface area contributed by atoms with E-state index in [-0.39, 0.29) is 12.4 Å². The van der Waals surface area contributed by atoms with Crippen molar-refractivity contribution in [3.63, 3.8) is 0 Å². The third-order valence-electron chi connectivity index (χ3n) is 3.54. The molecule has 1 fully saturated rings. The van der Waals surface area contributed by atoms with Crippen LogP contribution in [0.15, 0.2) is 28.7 Å². The zero-order valence-electron chi connectivity index (χ0n) is 12.7. The Kier molecular flexibility index (Phi) is 10.1. The number of aliphatic hydroxyl groups excluding tert-OH is 1. The fraction of sp³-hybridized carbons (Fsp3) is 0.625. The highest BCUT2D eigenvalue weighted by Crippen LogP contribution is 2.15. The number of benzene rings is 1. The summed E-state index contributed by atoms with van der Waals surface area (Å²) in [5.41, 5.74) is 0. The molecule has 4 nitrogen and oxygen atoms in total. The van der Waals surface area contributed by atoms with Gasteiger partial charge in [-0.1, -0.05) is 22.4 Å². The number of halogens is 2. The summed E-state index contributed by atoms with van der Waals surface area (Å²) in [7, 11) is 0. The minimum Gasteiger partial charge on any atom is -0.491 e. The fourth-order valence-electron chi connectivity index (χ4n) is 2.46. The van der Waals surface area contributed by atoms with Gasteiger partial charge in [0.25, 0.3) is 0 Å². The van der Waals surface area contributed by atoms with Gasteiger partial charge in [-0.3, -0.25) is 0 Å². The molecule has 0 amide bonds. The highest BCUT2D eigenvalue weighted by atomic mass is 79.9. The number of ether oxygens (including phenoxy) is 2. The largest absolute Gasteiger partial charge is 0.491 e. The Morgan fingerprint density at radius 3 is 2.45 bits per heavy atom. The number of likely N-dealkylation sites (tertiary alicyclic amines) is 1. The summed E-state index contributed by atoms with van der Waals surface area (Å²) < 4.78 is 12.1. The molecule has 0 saturated carbocycles. The second kappa shape index (κ2) is 11.2. The molecule has 22 heavy (non-hydrogen) atoms.